The van der Waals surface area contributed by atoms with Crippen LogP contribution in [0.4, 0.5) is 11.4 Å². The average Bonchev–Trinajstić information content (AvgIpc) is 2.59. The highest BCUT2D eigenvalue weighted by Gasteiger charge is 2.09. The molecule has 2 N–H and O–H groups in total. The standard InChI is InChI=1S/C18H22ClN3O2/c1-3-4-5-9-21-18(23)16-12-14(8-10-20-16)22-15-11-13(19)6-7-17(15)24-2/h6-8,10-12H,3-5,9H2,1-2H3,(H,20,22)(H,21,23). The van der Waals surface area contributed by atoms with Gasteiger partial charge < -0.3 is 15.4 Å². The Bertz CT molecular complexity index is 692. The van der Waals surface area contributed by atoms with Crippen LogP contribution in [0.2, 0.25) is 5.02 Å². The molecule has 0 spiro atoms. The van der Waals surface area contributed by atoms with E-state index >= 15 is 0 Å². The Morgan fingerprint density at radius 1 is 1.25 bits per heavy atom. The number of anilines is 2. The molecule has 0 saturated heterocycles. The average molecular weight is 348 g/mol. The van der Waals surface area contributed by atoms with E-state index in [1.54, 1.807) is 43.6 Å². The minimum atomic E-state index is -0.173. The molecule has 24 heavy (non-hydrogen) atoms. The molecular formula is C18H22ClN3O2. The Kier molecular flexibility index (Phi) is 6.88. The second kappa shape index (κ2) is 9.13. The van der Waals surface area contributed by atoms with Crippen LogP contribution in [-0.2, 0) is 0 Å². The lowest BCUT2D eigenvalue weighted by Gasteiger charge is -2.12. The summed E-state index contributed by atoms with van der Waals surface area (Å²) in [5.41, 5.74) is 1.84. The van der Waals surface area contributed by atoms with E-state index in [0.717, 1.165) is 30.6 Å². The molecule has 2 aromatic rings. The fraction of sp³-hybridized carbons (Fsp3) is 0.333. The molecule has 2 rings (SSSR count). The van der Waals surface area contributed by atoms with Gasteiger partial charge in [-0.05, 0) is 36.8 Å². The minimum Gasteiger partial charge on any atom is -0.495 e. The number of pyridine rings is 1. The van der Waals surface area contributed by atoms with Gasteiger partial charge in [-0.2, -0.15) is 0 Å². The lowest BCUT2D eigenvalue weighted by Crippen LogP contribution is -2.25. The highest BCUT2D eigenvalue weighted by Crippen LogP contribution is 2.30. The zero-order valence-corrected chi connectivity index (χ0v) is 14.7. The molecule has 0 saturated carbocycles. The molecule has 6 heteroatoms. The van der Waals surface area contributed by atoms with E-state index in [4.69, 9.17) is 16.3 Å². The first-order chi connectivity index (χ1) is 11.6. The molecule has 0 atom stereocenters. The van der Waals surface area contributed by atoms with E-state index in [0.29, 0.717) is 23.0 Å². The van der Waals surface area contributed by atoms with Gasteiger partial charge in [0.05, 0.1) is 12.8 Å². The molecule has 1 aromatic heterocycles. The molecule has 1 amide bonds. The van der Waals surface area contributed by atoms with Crippen LogP contribution in [0.1, 0.15) is 36.7 Å². The molecule has 0 aliphatic heterocycles. The number of hydrogen-bond acceptors (Lipinski definition) is 4. The molecule has 5 nitrogen and oxygen atoms in total. The Morgan fingerprint density at radius 2 is 2.08 bits per heavy atom. The SMILES string of the molecule is CCCCCNC(=O)c1cc(Nc2cc(Cl)ccc2OC)ccn1. The zero-order valence-electron chi connectivity index (χ0n) is 13.9. The predicted octanol–water partition coefficient (Wildman–Crippen LogP) is 4.41. The third-order valence-electron chi connectivity index (χ3n) is 3.50. The Morgan fingerprint density at radius 3 is 2.83 bits per heavy atom. The van der Waals surface area contributed by atoms with E-state index in [9.17, 15) is 4.79 Å². The highest BCUT2D eigenvalue weighted by molar-refractivity contribution is 6.31. The lowest BCUT2D eigenvalue weighted by atomic mass is 10.2. The number of hydrogen-bond donors (Lipinski definition) is 2. The molecule has 1 aromatic carbocycles. The largest absolute Gasteiger partial charge is 0.495 e. The monoisotopic (exact) mass is 347 g/mol. The maximum atomic E-state index is 12.1. The van der Waals surface area contributed by atoms with Gasteiger partial charge in [0.2, 0.25) is 0 Å². The van der Waals surface area contributed by atoms with Gasteiger partial charge in [-0.3, -0.25) is 9.78 Å². The Labute approximate surface area is 147 Å². The summed E-state index contributed by atoms with van der Waals surface area (Å²) in [6, 6.07) is 8.80. The van der Waals surface area contributed by atoms with Crippen LogP contribution >= 0.6 is 11.6 Å². The minimum absolute atomic E-state index is 0.173. The summed E-state index contributed by atoms with van der Waals surface area (Å²) < 4.78 is 5.31. The lowest BCUT2D eigenvalue weighted by molar-refractivity contribution is 0.0948. The number of nitrogens with zero attached hydrogens (tertiary/aromatic N) is 1. The first-order valence-electron chi connectivity index (χ1n) is 7.99. The zero-order chi connectivity index (χ0) is 17.4. The molecule has 0 radical (unpaired) electrons. The van der Waals surface area contributed by atoms with Crippen LogP contribution in [0, 0.1) is 0 Å². The van der Waals surface area contributed by atoms with E-state index in [-0.39, 0.29) is 5.91 Å². The number of methoxy groups -OCH3 is 1. The first-order valence-corrected chi connectivity index (χ1v) is 8.36. The summed E-state index contributed by atoms with van der Waals surface area (Å²) in [5.74, 6) is 0.495. The van der Waals surface area contributed by atoms with Crippen molar-refractivity contribution < 1.29 is 9.53 Å². The van der Waals surface area contributed by atoms with Crippen LogP contribution in [0.25, 0.3) is 0 Å². The van der Waals surface area contributed by atoms with Crippen molar-refractivity contribution in [2.24, 2.45) is 0 Å². The van der Waals surface area contributed by atoms with Gasteiger partial charge in [0, 0.05) is 23.5 Å². The van der Waals surface area contributed by atoms with Crippen LogP contribution in [0.15, 0.2) is 36.5 Å². The second-order valence-corrected chi connectivity index (χ2v) is 5.80. The summed E-state index contributed by atoms with van der Waals surface area (Å²) in [4.78, 5) is 16.3. The number of carbonyl (C=O) groups is 1. The quantitative estimate of drug-likeness (QED) is 0.694. The van der Waals surface area contributed by atoms with E-state index in [2.05, 4.69) is 22.5 Å². The van der Waals surface area contributed by atoms with Crippen LogP contribution in [0.3, 0.4) is 0 Å². The summed E-state index contributed by atoms with van der Waals surface area (Å²) in [6.45, 7) is 2.79. The van der Waals surface area contributed by atoms with Gasteiger partial charge in [-0.15, -0.1) is 0 Å². The Balaban J connectivity index is 2.07. The number of ether oxygens (including phenoxy) is 1. The van der Waals surface area contributed by atoms with Crippen LogP contribution in [0.5, 0.6) is 5.75 Å². The van der Waals surface area contributed by atoms with Crippen molar-refractivity contribution in [1.82, 2.24) is 10.3 Å². The molecular weight excluding hydrogens is 326 g/mol. The third kappa shape index (κ3) is 5.13. The maximum absolute atomic E-state index is 12.1. The number of carbonyl (C=O) groups excluding carboxylic acids is 1. The molecule has 0 unspecified atom stereocenters. The van der Waals surface area contributed by atoms with Gasteiger partial charge in [0.25, 0.3) is 5.91 Å². The summed E-state index contributed by atoms with van der Waals surface area (Å²) in [6.07, 6.45) is 4.79. The van der Waals surface area contributed by atoms with Gasteiger partial charge in [0.1, 0.15) is 11.4 Å². The van der Waals surface area contributed by atoms with E-state index in [1.807, 2.05) is 0 Å². The number of amides is 1. The van der Waals surface area contributed by atoms with Gasteiger partial charge in [-0.25, -0.2) is 0 Å². The van der Waals surface area contributed by atoms with Crippen molar-refractivity contribution in [1.29, 1.82) is 0 Å². The van der Waals surface area contributed by atoms with Gasteiger partial charge >= 0.3 is 0 Å². The van der Waals surface area contributed by atoms with Gasteiger partial charge in [0.15, 0.2) is 0 Å². The molecule has 128 valence electrons. The number of unbranched alkanes of at least 4 members (excludes halogenated alkanes) is 2. The van der Waals surface area contributed by atoms with E-state index in [1.165, 1.54) is 0 Å². The number of halogens is 1. The highest BCUT2D eigenvalue weighted by atomic mass is 35.5. The number of aromatic nitrogens is 1. The first kappa shape index (κ1) is 18.1. The smallest absolute Gasteiger partial charge is 0.269 e. The normalized spacial score (nSPS) is 10.3. The van der Waals surface area contributed by atoms with Crippen molar-refractivity contribution in [2.45, 2.75) is 26.2 Å². The van der Waals surface area contributed by atoms with E-state index < -0.39 is 0 Å². The topological polar surface area (TPSA) is 63.2 Å². The fourth-order valence-electron chi connectivity index (χ4n) is 2.23. The van der Waals surface area contributed by atoms with Gasteiger partial charge in [-0.1, -0.05) is 31.4 Å². The molecule has 0 bridgehead atoms. The third-order valence-corrected chi connectivity index (χ3v) is 3.73. The summed E-state index contributed by atoms with van der Waals surface area (Å²) in [5, 5.41) is 6.69. The predicted molar refractivity (Wildman–Crippen MR) is 97.4 cm³/mol. The van der Waals surface area contributed by atoms with Crippen LogP contribution in [-0.4, -0.2) is 24.5 Å². The number of nitrogens with one attached hydrogen (secondary N) is 2. The molecule has 0 aliphatic rings. The summed E-state index contributed by atoms with van der Waals surface area (Å²) in [7, 11) is 1.59. The van der Waals surface area contributed by atoms with Crippen molar-refractivity contribution in [2.75, 3.05) is 19.0 Å². The Hall–Kier alpha value is -2.27. The number of benzene rings is 1. The van der Waals surface area contributed by atoms with Crippen molar-refractivity contribution >= 4 is 28.9 Å². The van der Waals surface area contributed by atoms with Crippen LogP contribution < -0.4 is 15.4 Å². The molecule has 1 heterocycles. The molecule has 0 fully saturated rings. The van der Waals surface area contributed by atoms with Crippen molar-refractivity contribution in [3.05, 3.63) is 47.2 Å². The fourth-order valence-corrected chi connectivity index (χ4v) is 2.41. The van der Waals surface area contributed by atoms with Crippen molar-refractivity contribution in [3.8, 4) is 5.75 Å². The maximum Gasteiger partial charge on any atom is 0.269 e. The summed E-state index contributed by atoms with van der Waals surface area (Å²) >= 11 is 6.03. The number of rotatable bonds is 8. The second-order valence-electron chi connectivity index (χ2n) is 5.36. The molecule has 0 aliphatic carbocycles. The van der Waals surface area contributed by atoms with Crippen molar-refractivity contribution in [3.63, 3.8) is 0 Å².